The van der Waals surface area contributed by atoms with Crippen molar-refractivity contribution in [2.45, 2.75) is 6.54 Å². The normalized spacial score (nSPS) is 11.3. The van der Waals surface area contributed by atoms with Crippen LogP contribution in [0.2, 0.25) is 0 Å². The molecule has 6 heteroatoms. The molecule has 0 radical (unpaired) electrons. The van der Waals surface area contributed by atoms with Gasteiger partial charge in [-0.05, 0) is 59.7 Å². The smallest absolute Gasteiger partial charge is 0.249 e. The molecule has 32 heavy (non-hydrogen) atoms. The average molecular weight is 425 g/mol. The van der Waals surface area contributed by atoms with Crippen LogP contribution in [0.25, 0.3) is 22.6 Å². The fourth-order valence-electron chi connectivity index (χ4n) is 3.46. The molecule has 0 bridgehead atoms. The summed E-state index contributed by atoms with van der Waals surface area (Å²) in [6, 6.07) is 24.8. The minimum absolute atomic E-state index is 0.369. The third kappa shape index (κ3) is 4.70. The first-order valence-corrected chi connectivity index (χ1v) is 10.2. The van der Waals surface area contributed by atoms with Gasteiger partial charge in [0.1, 0.15) is 11.6 Å². The largest absolute Gasteiger partial charge is 0.497 e. The number of amides is 1. The van der Waals surface area contributed by atoms with Crippen LogP contribution < -0.4 is 21.5 Å². The predicted molar refractivity (Wildman–Crippen MR) is 130 cm³/mol. The molecule has 0 fully saturated rings. The van der Waals surface area contributed by atoms with Gasteiger partial charge in [0.15, 0.2) is 0 Å². The van der Waals surface area contributed by atoms with E-state index in [1.165, 1.54) is 0 Å². The minimum Gasteiger partial charge on any atom is -0.497 e. The molecular formula is C26H24N4O2. The van der Waals surface area contributed by atoms with Crippen LogP contribution in [-0.4, -0.2) is 18.0 Å². The van der Waals surface area contributed by atoms with Crippen LogP contribution >= 0.6 is 0 Å². The second-order valence-corrected chi connectivity index (χ2v) is 7.36. The van der Waals surface area contributed by atoms with Crippen LogP contribution in [0.1, 0.15) is 16.7 Å². The number of aromatic nitrogens is 1. The topological polar surface area (TPSA) is 103 Å². The summed E-state index contributed by atoms with van der Waals surface area (Å²) in [4.78, 5) is 16.7. The fourth-order valence-corrected chi connectivity index (χ4v) is 3.46. The van der Waals surface area contributed by atoms with E-state index in [9.17, 15) is 4.79 Å². The van der Waals surface area contributed by atoms with Crippen molar-refractivity contribution < 1.29 is 9.53 Å². The average Bonchev–Trinajstić information content (AvgIpc) is 2.82. The van der Waals surface area contributed by atoms with E-state index < -0.39 is 5.91 Å². The van der Waals surface area contributed by atoms with E-state index in [2.05, 4.69) is 10.3 Å². The molecule has 1 amide bonds. The highest BCUT2D eigenvalue weighted by atomic mass is 16.5. The second kappa shape index (κ2) is 9.22. The number of rotatable bonds is 7. The van der Waals surface area contributed by atoms with E-state index in [0.717, 1.165) is 33.6 Å². The number of hydrogen-bond acceptors (Lipinski definition) is 5. The third-order valence-corrected chi connectivity index (χ3v) is 5.17. The molecule has 0 aliphatic rings. The summed E-state index contributed by atoms with van der Waals surface area (Å²) in [5, 5.41) is 4.30. The summed E-state index contributed by atoms with van der Waals surface area (Å²) in [7, 11) is 1.65. The first kappa shape index (κ1) is 20.9. The van der Waals surface area contributed by atoms with Gasteiger partial charge in [-0.3, -0.25) is 4.79 Å². The Morgan fingerprint density at radius 1 is 1.03 bits per heavy atom. The quantitative estimate of drug-likeness (QED) is 0.231. The Labute approximate surface area is 186 Å². The molecule has 4 rings (SSSR count). The number of hydrogen-bond donors (Lipinski definition) is 3. The van der Waals surface area contributed by atoms with Gasteiger partial charge in [-0.2, -0.15) is 0 Å². The maximum Gasteiger partial charge on any atom is 0.249 e. The number of pyridine rings is 1. The number of fused-ring (bicyclic) bond motifs is 1. The highest BCUT2D eigenvalue weighted by Crippen LogP contribution is 2.25. The lowest BCUT2D eigenvalue weighted by Gasteiger charge is -2.09. The van der Waals surface area contributed by atoms with Gasteiger partial charge in [-0.25, -0.2) is 4.98 Å². The Hall–Kier alpha value is -4.32. The molecule has 0 saturated carbocycles. The number of para-hydroxylation sites is 1. The Morgan fingerprint density at radius 3 is 2.53 bits per heavy atom. The van der Waals surface area contributed by atoms with E-state index in [4.69, 9.17) is 16.2 Å². The highest BCUT2D eigenvalue weighted by molar-refractivity contribution is 6.24. The van der Waals surface area contributed by atoms with Crippen molar-refractivity contribution in [2.24, 2.45) is 5.73 Å². The molecule has 0 unspecified atom stereocenters. The highest BCUT2D eigenvalue weighted by Gasteiger charge is 2.11. The molecule has 0 atom stereocenters. The number of carbonyl (C=O) groups is 1. The fraction of sp³-hybridized carbons (Fsp3) is 0.0769. The summed E-state index contributed by atoms with van der Waals surface area (Å²) in [6.45, 7) is 0.657. The van der Waals surface area contributed by atoms with E-state index >= 15 is 0 Å². The van der Waals surface area contributed by atoms with Crippen molar-refractivity contribution in [3.8, 4) is 5.75 Å². The molecule has 1 heterocycles. The molecule has 0 saturated heterocycles. The standard InChI is InChI=1S/C26H24N4O2/c1-32-20-10-6-17(7-11-20)16-29-25-13-9-19-14-18(8-12-24(19)30-25)15-22(26(28)31)21-4-2-3-5-23(21)27/h2-15H,16,27H2,1H3,(H2,28,31)(H,29,30)/b22-15-. The second-order valence-electron chi connectivity index (χ2n) is 7.36. The van der Waals surface area contributed by atoms with Crippen molar-refractivity contribution in [1.29, 1.82) is 0 Å². The number of primary amides is 1. The molecule has 6 nitrogen and oxygen atoms in total. The Balaban J connectivity index is 1.56. The number of carbonyl (C=O) groups excluding carboxylic acids is 1. The van der Waals surface area contributed by atoms with Crippen LogP contribution in [0.15, 0.2) is 78.9 Å². The van der Waals surface area contributed by atoms with E-state index in [0.29, 0.717) is 23.4 Å². The van der Waals surface area contributed by atoms with Gasteiger partial charge in [0.25, 0.3) is 0 Å². The summed E-state index contributed by atoms with van der Waals surface area (Å²) in [6.07, 6.45) is 1.75. The van der Waals surface area contributed by atoms with Crippen LogP contribution in [0, 0.1) is 0 Å². The number of ether oxygens (including phenoxy) is 1. The van der Waals surface area contributed by atoms with Crippen molar-refractivity contribution in [2.75, 3.05) is 18.2 Å². The van der Waals surface area contributed by atoms with Gasteiger partial charge in [0.05, 0.1) is 12.6 Å². The lowest BCUT2D eigenvalue weighted by Crippen LogP contribution is -2.14. The molecule has 4 aromatic rings. The van der Waals surface area contributed by atoms with Crippen LogP contribution in [0.5, 0.6) is 5.75 Å². The zero-order valence-electron chi connectivity index (χ0n) is 17.7. The van der Waals surface area contributed by atoms with E-state index in [-0.39, 0.29) is 0 Å². The number of nitrogens with zero attached hydrogens (tertiary/aromatic N) is 1. The van der Waals surface area contributed by atoms with Gasteiger partial charge >= 0.3 is 0 Å². The number of nitrogen functional groups attached to an aromatic ring is 1. The number of methoxy groups -OCH3 is 1. The van der Waals surface area contributed by atoms with Crippen molar-refractivity contribution in [3.63, 3.8) is 0 Å². The van der Waals surface area contributed by atoms with Crippen molar-refractivity contribution in [3.05, 3.63) is 95.6 Å². The van der Waals surface area contributed by atoms with Crippen molar-refractivity contribution in [1.82, 2.24) is 4.98 Å². The zero-order chi connectivity index (χ0) is 22.5. The summed E-state index contributed by atoms with van der Waals surface area (Å²) in [5.74, 6) is 1.09. The maximum atomic E-state index is 12.1. The van der Waals surface area contributed by atoms with Crippen LogP contribution in [0.4, 0.5) is 11.5 Å². The number of nitrogens with two attached hydrogens (primary N) is 2. The lowest BCUT2D eigenvalue weighted by molar-refractivity contribution is -0.112. The monoisotopic (exact) mass is 424 g/mol. The van der Waals surface area contributed by atoms with Gasteiger partial charge in [0.2, 0.25) is 5.91 Å². The molecule has 0 spiro atoms. The van der Waals surface area contributed by atoms with Crippen LogP contribution in [-0.2, 0) is 11.3 Å². The Kier molecular flexibility index (Phi) is 6.03. The van der Waals surface area contributed by atoms with Gasteiger partial charge in [0, 0.05) is 28.8 Å². The molecule has 0 aliphatic carbocycles. The molecular weight excluding hydrogens is 400 g/mol. The van der Waals surface area contributed by atoms with Crippen molar-refractivity contribution >= 4 is 40.0 Å². The predicted octanol–water partition coefficient (Wildman–Crippen LogP) is 4.46. The zero-order valence-corrected chi connectivity index (χ0v) is 17.7. The lowest BCUT2D eigenvalue weighted by atomic mass is 10.00. The Bertz CT molecular complexity index is 1300. The van der Waals surface area contributed by atoms with Gasteiger partial charge < -0.3 is 21.5 Å². The van der Waals surface area contributed by atoms with E-state index in [1.54, 1.807) is 25.3 Å². The SMILES string of the molecule is COc1ccc(CNc2ccc3cc(/C=C(\C(N)=O)c4ccccc4N)ccc3n2)cc1. The third-order valence-electron chi connectivity index (χ3n) is 5.17. The number of benzene rings is 3. The molecule has 1 aromatic heterocycles. The number of nitrogens with one attached hydrogen (secondary N) is 1. The van der Waals surface area contributed by atoms with Crippen LogP contribution in [0.3, 0.4) is 0 Å². The van der Waals surface area contributed by atoms with Gasteiger partial charge in [-0.15, -0.1) is 0 Å². The minimum atomic E-state index is -0.529. The first-order valence-electron chi connectivity index (χ1n) is 10.2. The van der Waals surface area contributed by atoms with Gasteiger partial charge in [-0.1, -0.05) is 36.4 Å². The Morgan fingerprint density at radius 2 is 1.81 bits per heavy atom. The molecule has 160 valence electrons. The molecule has 3 aromatic carbocycles. The summed E-state index contributed by atoms with van der Waals surface area (Å²) in [5.41, 5.74) is 16.0. The summed E-state index contributed by atoms with van der Waals surface area (Å²) >= 11 is 0. The molecule has 0 aliphatic heterocycles. The molecule has 5 N–H and O–H groups in total. The first-order chi connectivity index (χ1) is 15.5. The van der Waals surface area contributed by atoms with E-state index in [1.807, 2.05) is 66.7 Å². The summed E-state index contributed by atoms with van der Waals surface area (Å²) < 4.78 is 5.19. The maximum absolute atomic E-state index is 12.1. The number of anilines is 2.